The van der Waals surface area contributed by atoms with Gasteiger partial charge in [-0.3, -0.25) is 0 Å². The van der Waals surface area contributed by atoms with Gasteiger partial charge in [-0.15, -0.1) is 0 Å². The second kappa shape index (κ2) is 3.84. The highest BCUT2D eigenvalue weighted by molar-refractivity contribution is 7.91. The summed E-state index contributed by atoms with van der Waals surface area (Å²) >= 11 is 0. The van der Waals surface area contributed by atoms with Gasteiger partial charge in [0.05, 0.1) is 23.2 Å². The first-order valence-corrected chi connectivity index (χ1v) is 7.60. The van der Waals surface area contributed by atoms with Crippen LogP contribution in [0.3, 0.4) is 0 Å². The number of imidazole rings is 1. The third kappa shape index (κ3) is 1.95. The van der Waals surface area contributed by atoms with Crippen LogP contribution in [-0.2, 0) is 9.84 Å². The van der Waals surface area contributed by atoms with Crippen molar-refractivity contribution >= 4 is 15.4 Å². The summed E-state index contributed by atoms with van der Waals surface area (Å²) < 4.78 is 24.9. The lowest BCUT2D eigenvalue weighted by atomic mass is 10.0. The highest BCUT2D eigenvalue weighted by Gasteiger charge is 2.27. The third-order valence-corrected chi connectivity index (χ3v) is 5.10. The Bertz CT molecular complexity index is 631. The second-order valence-electron chi connectivity index (χ2n) is 4.54. The van der Waals surface area contributed by atoms with Gasteiger partial charge < -0.3 is 4.40 Å². The molecule has 2 aromatic rings. The molecule has 1 aliphatic rings. The van der Waals surface area contributed by atoms with Crippen molar-refractivity contribution < 1.29 is 8.42 Å². The van der Waals surface area contributed by atoms with Crippen LogP contribution in [0.15, 0.2) is 30.6 Å². The van der Waals surface area contributed by atoms with E-state index in [1.54, 1.807) is 0 Å². The van der Waals surface area contributed by atoms with E-state index in [1.165, 1.54) is 0 Å². The van der Waals surface area contributed by atoms with Gasteiger partial charge in [0.2, 0.25) is 0 Å². The van der Waals surface area contributed by atoms with Gasteiger partial charge in [-0.1, -0.05) is 6.07 Å². The van der Waals surface area contributed by atoms with Crippen LogP contribution in [0, 0.1) is 0 Å². The van der Waals surface area contributed by atoms with Gasteiger partial charge in [0.25, 0.3) is 0 Å². The minimum Gasteiger partial charge on any atom is -0.304 e. The summed E-state index contributed by atoms with van der Waals surface area (Å²) in [5.74, 6) is 1.85. The van der Waals surface area contributed by atoms with Crippen LogP contribution in [0.5, 0.6) is 0 Å². The molecule has 0 unspecified atom stereocenters. The molecule has 0 radical (unpaired) electrons. The smallest absolute Gasteiger partial charge is 0.150 e. The minimum absolute atomic E-state index is 0.267. The highest BCUT2D eigenvalue weighted by atomic mass is 32.2. The SMILES string of the molecule is O=S1(=O)CCC(c2ncc3ccccn23)CC1. The van der Waals surface area contributed by atoms with Crippen molar-refractivity contribution in [1.29, 1.82) is 0 Å². The van der Waals surface area contributed by atoms with Gasteiger partial charge >= 0.3 is 0 Å². The first-order valence-electron chi connectivity index (χ1n) is 5.78. The van der Waals surface area contributed by atoms with Crippen LogP contribution in [0.4, 0.5) is 0 Å². The highest BCUT2D eigenvalue weighted by Crippen LogP contribution is 2.28. The molecule has 4 nitrogen and oxygen atoms in total. The maximum atomic E-state index is 11.4. The molecule has 0 aliphatic carbocycles. The Labute approximate surface area is 100 Å². The Morgan fingerprint density at radius 1 is 1.24 bits per heavy atom. The summed E-state index contributed by atoms with van der Waals surface area (Å²) in [6, 6.07) is 5.96. The van der Waals surface area contributed by atoms with Gasteiger partial charge in [-0.25, -0.2) is 13.4 Å². The fourth-order valence-electron chi connectivity index (χ4n) is 2.41. The molecule has 2 aromatic heterocycles. The fraction of sp³-hybridized carbons (Fsp3) is 0.417. The first-order chi connectivity index (χ1) is 8.16. The molecule has 1 saturated heterocycles. The quantitative estimate of drug-likeness (QED) is 0.773. The summed E-state index contributed by atoms with van der Waals surface area (Å²) in [5.41, 5.74) is 1.07. The van der Waals surface area contributed by atoms with E-state index in [9.17, 15) is 8.42 Å². The molecule has 3 heterocycles. The van der Waals surface area contributed by atoms with Crippen molar-refractivity contribution in [1.82, 2.24) is 9.38 Å². The van der Waals surface area contributed by atoms with E-state index in [0.29, 0.717) is 24.3 Å². The maximum absolute atomic E-state index is 11.4. The normalized spacial score (nSPS) is 20.7. The van der Waals surface area contributed by atoms with E-state index >= 15 is 0 Å². The molecule has 0 spiro atoms. The summed E-state index contributed by atoms with van der Waals surface area (Å²) in [7, 11) is -2.80. The van der Waals surface area contributed by atoms with E-state index in [-0.39, 0.29) is 5.92 Å². The van der Waals surface area contributed by atoms with Crippen LogP contribution in [0.25, 0.3) is 5.52 Å². The van der Waals surface area contributed by atoms with E-state index in [4.69, 9.17) is 0 Å². The van der Waals surface area contributed by atoms with Crippen LogP contribution in [0.2, 0.25) is 0 Å². The molecule has 5 heteroatoms. The van der Waals surface area contributed by atoms with E-state index in [0.717, 1.165) is 11.3 Å². The van der Waals surface area contributed by atoms with E-state index in [1.807, 2.05) is 30.6 Å². The average molecular weight is 250 g/mol. The second-order valence-corrected chi connectivity index (χ2v) is 6.84. The Morgan fingerprint density at radius 2 is 2.00 bits per heavy atom. The van der Waals surface area contributed by atoms with Gasteiger partial charge in [0.1, 0.15) is 15.7 Å². The molecule has 0 aromatic carbocycles. The van der Waals surface area contributed by atoms with Crippen molar-refractivity contribution in [2.75, 3.05) is 11.5 Å². The molecular weight excluding hydrogens is 236 g/mol. The molecule has 0 amide bonds. The van der Waals surface area contributed by atoms with Gasteiger partial charge in [0.15, 0.2) is 0 Å². The van der Waals surface area contributed by atoms with Gasteiger partial charge in [0, 0.05) is 12.1 Å². The number of sulfone groups is 1. The predicted molar refractivity (Wildman–Crippen MR) is 65.8 cm³/mol. The average Bonchev–Trinajstić information content (AvgIpc) is 2.73. The molecule has 0 saturated carbocycles. The van der Waals surface area contributed by atoms with Crippen molar-refractivity contribution in [3.63, 3.8) is 0 Å². The number of nitrogens with zero attached hydrogens (tertiary/aromatic N) is 2. The molecule has 1 fully saturated rings. The zero-order chi connectivity index (χ0) is 11.9. The van der Waals surface area contributed by atoms with Crippen molar-refractivity contribution in [3.8, 4) is 0 Å². The first kappa shape index (κ1) is 10.8. The largest absolute Gasteiger partial charge is 0.304 e. The Hall–Kier alpha value is -1.36. The molecule has 0 N–H and O–H groups in total. The number of hydrogen-bond acceptors (Lipinski definition) is 3. The lowest BCUT2D eigenvalue weighted by molar-refractivity contribution is 0.536. The standard InChI is InChI=1S/C12H14N2O2S/c15-17(16)7-4-10(5-8-17)12-13-9-11-3-1-2-6-14(11)12/h1-3,6,9-10H,4-5,7-8H2. The Balaban J connectivity index is 1.95. The van der Waals surface area contributed by atoms with Crippen LogP contribution >= 0.6 is 0 Å². The summed E-state index contributed by atoms with van der Waals surface area (Å²) in [6.07, 6.45) is 5.21. The zero-order valence-corrected chi connectivity index (χ0v) is 10.2. The number of hydrogen-bond donors (Lipinski definition) is 0. The lowest BCUT2D eigenvalue weighted by Crippen LogP contribution is -2.23. The van der Waals surface area contributed by atoms with Crippen LogP contribution in [0.1, 0.15) is 24.6 Å². The zero-order valence-electron chi connectivity index (χ0n) is 9.41. The van der Waals surface area contributed by atoms with Crippen LogP contribution in [-0.4, -0.2) is 29.3 Å². The maximum Gasteiger partial charge on any atom is 0.150 e. The molecule has 3 rings (SSSR count). The molecule has 0 atom stereocenters. The van der Waals surface area contributed by atoms with Gasteiger partial charge in [-0.2, -0.15) is 0 Å². The summed E-state index contributed by atoms with van der Waals surface area (Å²) in [6.45, 7) is 0. The number of rotatable bonds is 1. The van der Waals surface area contributed by atoms with E-state index in [2.05, 4.69) is 9.38 Å². The predicted octanol–water partition coefficient (Wildman–Crippen LogP) is 1.63. The molecular formula is C12H14N2O2S. The molecule has 0 bridgehead atoms. The summed E-state index contributed by atoms with van der Waals surface area (Å²) in [4.78, 5) is 4.43. The molecule has 1 aliphatic heterocycles. The van der Waals surface area contributed by atoms with Crippen LogP contribution < -0.4 is 0 Å². The topological polar surface area (TPSA) is 51.4 Å². The number of aromatic nitrogens is 2. The number of pyridine rings is 1. The Kier molecular flexibility index (Phi) is 2.43. The van der Waals surface area contributed by atoms with Crippen molar-refractivity contribution in [3.05, 3.63) is 36.4 Å². The fourth-order valence-corrected chi connectivity index (χ4v) is 3.91. The number of fused-ring (bicyclic) bond motifs is 1. The van der Waals surface area contributed by atoms with Crippen molar-refractivity contribution in [2.45, 2.75) is 18.8 Å². The van der Waals surface area contributed by atoms with Gasteiger partial charge in [-0.05, 0) is 25.0 Å². The monoisotopic (exact) mass is 250 g/mol. The van der Waals surface area contributed by atoms with E-state index < -0.39 is 9.84 Å². The third-order valence-electron chi connectivity index (χ3n) is 3.39. The Morgan fingerprint density at radius 3 is 2.76 bits per heavy atom. The molecule has 17 heavy (non-hydrogen) atoms. The molecule has 90 valence electrons. The lowest BCUT2D eigenvalue weighted by Gasteiger charge is -2.20. The minimum atomic E-state index is -2.80. The summed E-state index contributed by atoms with van der Waals surface area (Å²) in [5, 5.41) is 0. The van der Waals surface area contributed by atoms with Crippen molar-refractivity contribution in [2.24, 2.45) is 0 Å².